The summed E-state index contributed by atoms with van der Waals surface area (Å²) >= 11 is 3.32. The second-order valence-electron chi connectivity index (χ2n) is 6.77. The molecule has 0 atom stereocenters. The fourth-order valence-electron chi connectivity index (χ4n) is 3.30. The maximum atomic E-state index is 13.0. The Morgan fingerprint density at radius 2 is 2.07 bits per heavy atom. The summed E-state index contributed by atoms with van der Waals surface area (Å²) in [5.41, 5.74) is 2.64. The highest BCUT2D eigenvalue weighted by Gasteiger charge is 2.22. The maximum Gasteiger partial charge on any atom is 0.257 e. The second kappa shape index (κ2) is 9.68. The van der Waals surface area contributed by atoms with Gasteiger partial charge in [0.05, 0.1) is 42.7 Å². The molecule has 8 heteroatoms. The summed E-state index contributed by atoms with van der Waals surface area (Å²) in [6.07, 6.45) is 0. The quantitative estimate of drug-likeness (QED) is 0.501. The first-order valence-electron chi connectivity index (χ1n) is 9.88. The molecule has 0 unspecified atom stereocenters. The number of ether oxygens (including phenoxy) is 3. The summed E-state index contributed by atoms with van der Waals surface area (Å²) in [5.74, 6) is 2.19. The van der Waals surface area contributed by atoms with Crippen LogP contribution in [-0.2, 0) is 10.5 Å². The van der Waals surface area contributed by atoms with Crippen molar-refractivity contribution in [3.8, 4) is 11.5 Å². The summed E-state index contributed by atoms with van der Waals surface area (Å²) in [6.45, 7) is 4.99. The number of methoxy groups -OCH3 is 1. The first-order chi connectivity index (χ1) is 14.7. The first-order valence-corrected chi connectivity index (χ1v) is 11.7. The molecule has 2 heterocycles. The number of rotatable bonds is 7. The van der Waals surface area contributed by atoms with E-state index < -0.39 is 0 Å². The van der Waals surface area contributed by atoms with Gasteiger partial charge in [-0.15, -0.1) is 11.3 Å². The lowest BCUT2D eigenvalue weighted by Gasteiger charge is -2.27. The van der Waals surface area contributed by atoms with E-state index in [1.807, 2.05) is 48.2 Å². The van der Waals surface area contributed by atoms with Crippen molar-refractivity contribution in [3.63, 3.8) is 0 Å². The monoisotopic (exact) mass is 444 g/mol. The zero-order chi connectivity index (χ0) is 20.9. The molecule has 2 aromatic carbocycles. The van der Waals surface area contributed by atoms with Crippen molar-refractivity contribution < 1.29 is 19.0 Å². The molecule has 0 radical (unpaired) electrons. The number of morpholine rings is 1. The first kappa shape index (κ1) is 21.0. The Kier molecular flexibility index (Phi) is 6.76. The lowest BCUT2D eigenvalue weighted by Crippen LogP contribution is -2.40. The van der Waals surface area contributed by atoms with Crippen molar-refractivity contribution >= 4 is 39.2 Å². The molecule has 0 aliphatic carbocycles. The summed E-state index contributed by atoms with van der Waals surface area (Å²) < 4.78 is 18.5. The third-order valence-electron chi connectivity index (χ3n) is 4.81. The van der Waals surface area contributed by atoms with Crippen molar-refractivity contribution in [1.82, 2.24) is 9.88 Å². The van der Waals surface area contributed by atoms with Gasteiger partial charge >= 0.3 is 0 Å². The van der Waals surface area contributed by atoms with Crippen LogP contribution in [0.15, 0.2) is 40.7 Å². The minimum absolute atomic E-state index is 0.00885. The van der Waals surface area contributed by atoms with Gasteiger partial charge < -0.3 is 19.1 Å². The summed E-state index contributed by atoms with van der Waals surface area (Å²) in [6, 6.07) is 11.8. The highest BCUT2D eigenvalue weighted by atomic mass is 32.2. The Balaban J connectivity index is 1.49. The number of benzene rings is 2. The third-order valence-corrected chi connectivity index (χ3v) is 7.04. The molecular formula is C22H24N2O4S2. The van der Waals surface area contributed by atoms with E-state index in [0.29, 0.717) is 44.2 Å². The normalized spacial score (nSPS) is 14.1. The molecule has 0 spiro atoms. The van der Waals surface area contributed by atoms with Crippen molar-refractivity contribution in [1.29, 1.82) is 0 Å². The minimum Gasteiger partial charge on any atom is -0.496 e. The van der Waals surface area contributed by atoms with E-state index in [0.717, 1.165) is 31.6 Å². The van der Waals surface area contributed by atoms with E-state index in [1.54, 1.807) is 30.2 Å². The Hall–Kier alpha value is -2.29. The number of amides is 1. The van der Waals surface area contributed by atoms with Crippen LogP contribution >= 0.6 is 23.1 Å². The molecule has 1 amide bonds. The number of nitrogens with zero attached hydrogens (tertiary/aromatic N) is 2. The molecule has 4 rings (SSSR count). The van der Waals surface area contributed by atoms with Gasteiger partial charge in [-0.1, -0.05) is 17.8 Å². The van der Waals surface area contributed by atoms with E-state index in [4.69, 9.17) is 19.2 Å². The van der Waals surface area contributed by atoms with Crippen LogP contribution in [0.4, 0.5) is 0 Å². The fourth-order valence-corrected chi connectivity index (χ4v) is 5.34. The highest BCUT2D eigenvalue weighted by molar-refractivity contribution is 8.00. The van der Waals surface area contributed by atoms with Crippen LogP contribution in [0.25, 0.3) is 10.2 Å². The molecule has 1 fully saturated rings. The van der Waals surface area contributed by atoms with Crippen LogP contribution in [-0.4, -0.2) is 55.8 Å². The summed E-state index contributed by atoms with van der Waals surface area (Å²) in [5, 5.41) is 0. The van der Waals surface area contributed by atoms with Gasteiger partial charge in [0.1, 0.15) is 11.5 Å². The molecule has 0 saturated carbocycles. The molecule has 3 aromatic rings. The number of aromatic nitrogens is 1. The smallest absolute Gasteiger partial charge is 0.257 e. The number of hydrogen-bond acceptors (Lipinski definition) is 7. The van der Waals surface area contributed by atoms with Crippen LogP contribution in [0.2, 0.25) is 0 Å². The summed E-state index contributed by atoms with van der Waals surface area (Å²) in [4.78, 5) is 19.5. The SMILES string of the molecule is CCOc1ccc2nc(SCc3ccc(OC)c(C(=O)N4CCOCC4)c3)sc2c1. The fraction of sp³-hybridized carbons (Fsp3) is 0.364. The van der Waals surface area contributed by atoms with Gasteiger partial charge in [-0.2, -0.15) is 0 Å². The molecule has 1 saturated heterocycles. The van der Waals surface area contributed by atoms with E-state index in [-0.39, 0.29) is 5.91 Å². The Morgan fingerprint density at radius 3 is 2.83 bits per heavy atom. The number of carbonyl (C=O) groups is 1. The van der Waals surface area contributed by atoms with Crippen molar-refractivity contribution in [3.05, 3.63) is 47.5 Å². The van der Waals surface area contributed by atoms with Crippen LogP contribution in [0.3, 0.4) is 0 Å². The van der Waals surface area contributed by atoms with Crippen molar-refractivity contribution in [2.24, 2.45) is 0 Å². The third kappa shape index (κ3) is 4.71. The molecule has 30 heavy (non-hydrogen) atoms. The van der Waals surface area contributed by atoms with E-state index in [2.05, 4.69) is 0 Å². The van der Waals surface area contributed by atoms with E-state index >= 15 is 0 Å². The lowest BCUT2D eigenvalue weighted by atomic mass is 10.1. The minimum atomic E-state index is -0.00885. The lowest BCUT2D eigenvalue weighted by molar-refractivity contribution is 0.0301. The Labute approximate surface area is 184 Å². The molecule has 0 bridgehead atoms. The van der Waals surface area contributed by atoms with Crippen LogP contribution in [0.5, 0.6) is 11.5 Å². The van der Waals surface area contributed by atoms with Gasteiger partial charge in [-0.25, -0.2) is 4.98 Å². The van der Waals surface area contributed by atoms with Gasteiger partial charge in [-0.3, -0.25) is 4.79 Å². The Bertz CT molecular complexity index is 1030. The van der Waals surface area contributed by atoms with E-state index in [1.165, 1.54) is 0 Å². The van der Waals surface area contributed by atoms with Crippen molar-refractivity contribution in [2.45, 2.75) is 17.0 Å². The van der Waals surface area contributed by atoms with Gasteiger partial charge in [-0.05, 0) is 42.8 Å². The highest BCUT2D eigenvalue weighted by Crippen LogP contribution is 2.34. The molecule has 1 aliphatic heterocycles. The Morgan fingerprint density at radius 1 is 1.23 bits per heavy atom. The largest absolute Gasteiger partial charge is 0.496 e. The molecule has 0 N–H and O–H groups in total. The molecule has 158 valence electrons. The maximum absolute atomic E-state index is 13.0. The van der Waals surface area contributed by atoms with Crippen LogP contribution in [0, 0.1) is 0 Å². The van der Waals surface area contributed by atoms with Crippen LogP contribution in [0.1, 0.15) is 22.8 Å². The number of hydrogen-bond donors (Lipinski definition) is 0. The zero-order valence-electron chi connectivity index (χ0n) is 17.1. The van der Waals surface area contributed by atoms with Crippen molar-refractivity contribution in [2.75, 3.05) is 40.0 Å². The van der Waals surface area contributed by atoms with Crippen LogP contribution < -0.4 is 9.47 Å². The summed E-state index contributed by atoms with van der Waals surface area (Å²) in [7, 11) is 1.59. The predicted octanol–water partition coefficient (Wildman–Crippen LogP) is 4.47. The van der Waals surface area contributed by atoms with Gasteiger partial charge in [0, 0.05) is 18.8 Å². The van der Waals surface area contributed by atoms with Gasteiger partial charge in [0.2, 0.25) is 0 Å². The average molecular weight is 445 g/mol. The molecule has 1 aromatic heterocycles. The second-order valence-corrected chi connectivity index (χ2v) is 9.02. The molecular weight excluding hydrogens is 420 g/mol. The number of fused-ring (bicyclic) bond motifs is 1. The number of carbonyl (C=O) groups excluding carboxylic acids is 1. The molecule has 6 nitrogen and oxygen atoms in total. The number of thiazole rings is 1. The van der Waals surface area contributed by atoms with Gasteiger partial charge in [0.25, 0.3) is 5.91 Å². The molecule has 1 aliphatic rings. The number of thioether (sulfide) groups is 1. The average Bonchev–Trinajstić information content (AvgIpc) is 3.20. The zero-order valence-corrected chi connectivity index (χ0v) is 18.7. The van der Waals surface area contributed by atoms with E-state index in [9.17, 15) is 4.79 Å². The topological polar surface area (TPSA) is 60.9 Å². The predicted molar refractivity (Wildman–Crippen MR) is 120 cm³/mol. The van der Waals surface area contributed by atoms with Gasteiger partial charge in [0.15, 0.2) is 4.34 Å². The standard InChI is InChI=1S/C22H24N2O4S2/c1-3-28-16-5-6-18-20(13-16)30-22(23-18)29-14-15-4-7-19(26-2)17(12-15)21(25)24-8-10-27-11-9-24/h4-7,12-13H,3,8-11,14H2,1-2H3.